The van der Waals surface area contributed by atoms with Gasteiger partial charge in [-0.1, -0.05) is 13.8 Å². The molecule has 14 heavy (non-hydrogen) atoms. The van der Waals surface area contributed by atoms with Gasteiger partial charge in [-0.2, -0.15) is 0 Å². The van der Waals surface area contributed by atoms with E-state index >= 15 is 0 Å². The Hall–Kier alpha value is -1.10. The average molecular weight is 212 g/mol. The molecule has 1 aromatic heterocycles. The summed E-state index contributed by atoms with van der Waals surface area (Å²) < 4.78 is 0. The monoisotopic (exact) mass is 212 g/mol. The van der Waals surface area contributed by atoms with Crippen LogP contribution < -0.4 is 11.5 Å². The van der Waals surface area contributed by atoms with Gasteiger partial charge in [0, 0.05) is 24.3 Å². The fourth-order valence-corrected chi connectivity index (χ4v) is 1.87. The summed E-state index contributed by atoms with van der Waals surface area (Å²) in [6.07, 6.45) is 0.807. The van der Waals surface area contributed by atoms with Crippen LogP contribution in [0.3, 0.4) is 0 Å². The summed E-state index contributed by atoms with van der Waals surface area (Å²) in [4.78, 5) is 8.39. The molecule has 78 valence electrons. The predicted molar refractivity (Wildman–Crippen MR) is 60.6 cm³/mol. The smallest absolute Gasteiger partial charge is 0.185 e. The summed E-state index contributed by atoms with van der Waals surface area (Å²) in [5, 5.41) is 3.24. The van der Waals surface area contributed by atoms with Crippen molar-refractivity contribution in [1.82, 2.24) is 4.98 Å². The van der Waals surface area contributed by atoms with Crippen molar-refractivity contribution in [3.63, 3.8) is 0 Å². The van der Waals surface area contributed by atoms with Gasteiger partial charge in [0.15, 0.2) is 5.96 Å². The zero-order valence-corrected chi connectivity index (χ0v) is 9.34. The van der Waals surface area contributed by atoms with Gasteiger partial charge in [-0.25, -0.2) is 4.98 Å². The Bertz CT molecular complexity index is 312. The number of rotatable bonds is 4. The van der Waals surface area contributed by atoms with Crippen LogP contribution in [-0.4, -0.2) is 17.5 Å². The molecule has 1 rings (SSSR count). The van der Waals surface area contributed by atoms with Crippen molar-refractivity contribution < 1.29 is 0 Å². The van der Waals surface area contributed by atoms with E-state index in [2.05, 4.69) is 29.2 Å². The van der Waals surface area contributed by atoms with Crippen molar-refractivity contribution in [3.8, 4) is 0 Å². The highest BCUT2D eigenvalue weighted by Crippen LogP contribution is 2.19. The number of hydrogen-bond acceptors (Lipinski definition) is 3. The Morgan fingerprint density at radius 1 is 1.57 bits per heavy atom. The zero-order valence-electron chi connectivity index (χ0n) is 8.53. The van der Waals surface area contributed by atoms with Crippen LogP contribution in [-0.2, 0) is 6.42 Å². The van der Waals surface area contributed by atoms with Crippen molar-refractivity contribution in [1.29, 1.82) is 0 Å². The molecular weight excluding hydrogens is 196 g/mol. The van der Waals surface area contributed by atoms with Crippen LogP contribution in [0.1, 0.15) is 30.5 Å². The van der Waals surface area contributed by atoms with E-state index in [1.54, 1.807) is 11.3 Å². The summed E-state index contributed by atoms with van der Waals surface area (Å²) >= 11 is 1.69. The highest BCUT2D eigenvalue weighted by atomic mass is 32.1. The van der Waals surface area contributed by atoms with Crippen LogP contribution in [0.25, 0.3) is 0 Å². The van der Waals surface area contributed by atoms with Crippen molar-refractivity contribution >= 4 is 17.3 Å². The largest absolute Gasteiger partial charge is 0.370 e. The molecule has 5 heteroatoms. The lowest BCUT2D eigenvalue weighted by Gasteiger charge is -1.96. The highest BCUT2D eigenvalue weighted by molar-refractivity contribution is 7.09. The van der Waals surface area contributed by atoms with Crippen LogP contribution in [0.2, 0.25) is 0 Å². The topological polar surface area (TPSA) is 77.3 Å². The molecule has 1 heterocycles. The number of hydrogen-bond donors (Lipinski definition) is 2. The van der Waals surface area contributed by atoms with Gasteiger partial charge in [-0.3, -0.25) is 4.99 Å². The molecule has 0 aliphatic rings. The van der Waals surface area contributed by atoms with Crippen LogP contribution >= 0.6 is 11.3 Å². The second-order valence-corrected chi connectivity index (χ2v) is 4.28. The molecule has 0 saturated carbocycles. The van der Waals surface area contributed by atoms with E-state index in [1.165, 1.54) is 5.01 Å². The molecule has 0 aromatic carbocycles. The highest BCUT2D eigenvalue weighted by Gasteiger charge is 2.04. The summed E-state index contributed by atoms with van der Waals surface area (Å²) in [6.45, 7) is 4.89. The first-order valence-electron chi connectivity index (χ1n) is 4.59. The molecule has 0 spiro atoms. The Balaban J connectivity index is 2.48. The minimum atomic E-state index is 0.143. The molecule has 0 aliphatic carbocycles. The van der Waals surface area contributed by atoms with E-state index in [9.17, 15) is 0 Å². The van der Waals surface area contributed by atoms with E-state index in [0.29, 0.717) is 12.5 Å². The predicted octanol–water partition coefficient (Wildman–Crippen LogP) is 1.08. The molecule has 0 amide bonds. The summed E-state index contributed by atoms with van der Waals surface area (Å²) in [5.74, 6) is 0.640. The maximum Gasteiger partial charge on any atom is 0.185 e. The van der Waals surface area contributed by atoms with Crippen molar-refractivity contribution in [2.24, 2.45) is 16.5 Å². The van der Waals surface area contributed by atoms with Crippen molar-refractivity contribution in [2.45, 2.75) is 26.2 Å². The third-order valence-electron chi connectivity index (χ3n) is 1.73. The van der Waals surface area contributed by atoms with Gasteiger partial charge in [0.25, 0.3) is 0 Å². The van der Waals surface area contributed by atoms with E-state index in [1.807, 2.05) is 0 Å². The quantitative estimate of drug-likeness (QED) is 0.579. The van der Waals surface area contributed by atoms with Gasteiger partial charge in [-0.05, 0) is 0 Å². The number of nitrogens with zero attached hydrogens (tertiary/aromatic N) is 2. The van der Waals surface area contributed by atoms with Gasteiger partial charge < -0.3 is 11.5 Å². The van der Waals surface area contributed by atoms with Gasteiger partial charge in [0.1, 0.15) is 0 Å². The molecule has 4 N–H and O–H groups in total. The Kier molecular flexibility index (Phi) is 3.88. The Morgan fingerprint density at radius 3 is 2.79 bits per heavy atom. The van der Waals surface area contributed by atoms with Gasteiger partial charge >= 0.3 is 0 Å². The van der Waals surface area contributed by atoms with E-state index < -0.39 is 0 Å². The second kappa shape index (κ2) is 4.95. The summed E-state index contributed by atoms with van der Waals surface area (Å²) in [6, 6.07) is 0. The molecule has 0 bridgehead atoms. The normalized spacial score (nSPS) is 10.5. The van der Waals surface area contributed by atoms with E-state index in [0.717, 1.165) is 12.1 Å². The lowest BCUT2D eigenvalue weighted by Crippen LogP contribution is -2.23. The number of aromatic nitrogens is 1. The van der Waals surface area contributed by atoms with Crippen LogP contribution in [0.15, 0.2) is 10.4 Å². The molecule has 0 fully saturated rings. The number of aliphatic imine (C=N–C) groups is 1. The minimum absolute atomic E-state index is 0.143. The number of thiazole rings is 1. The summed E-state index contributed by atoms with van der Waals surface area (Å²) in [5.41, 5.74) is 11.5. The summed E-state index contributed by atoms with van der Waals surface area (Å²) in [7, 11) is 0. The van der Waals surface area contributed by atoms with E-state index in [4.69, 9.17) is 11.5 Å². The Labute approximate surface area is 88.1 Å². The van der Waals surface area contributed by atoms with Crippen molar-refractivity contribution in [2.75, 3.05) is 6.54 Å². The van der Waals surface area contributed by atoms with Gasteiger partial charge in [0.2, 0.25) is 0 Å². The first kappa shape index (κ1) is 11.0. The molecule has 0 atom stereocenters. The lowest BCUT2D eigenvalue weighted by molar-refractivity contribution is 0.831. The fraction of sp³-hybridized carbons (Fsp3) is 0.556. The lowest BCUT2D eigenvalue weighted by atomic mass is 10.2. The second-order valence-electron chi connectivity index (χ2n) is 3.39. The van der Waals surface area contributed by atoms with E-state index in [-0.39, 0.29) is 5.96 Å². The van der Waals surface area contributed by atoms with Gasteiger partial charge in [-0.15, -0.1) is 11.3 Å². The minimum Gasteiger partial charge on any atom is -0.370 e. The van der Waals surface area contributed by atoms with Crippen LogP contribution in [0, 0.1) is 0 Å². The number of guanidine groups is 1. The van der Waals surface area contributed by atoms with Crippen LogP contribution in [0.4, 0.5) is 0 Å². The molecule has 0 saturated heterocycles. The third-order valence-corrected chi connectivity index (χ3v) is 2.92. The molecule has 1 aromatic rings. The number of nitrogens with two attached hydrogens (primary N) is 2. The maximum atomic E-state index is 5.22. The zero-order chi connectivity index (χ0) is 10.6. The van der Waals surface area contributed by atoms with Crippen molar-refractivity contribution in [3.05, 3.63) is 16.1 Å². The third kappa shape index (κ3) is 3.33. The molecule has 4 nitrogen and oxygen atoms in total. The maximum absolute atomic E-state index is 5.22. The average Bonchev–Trinajstić information content (AvgIpc) is 2.52. The SMILES string of the molecule is CC(C)c1nc(CCN=C(N)N)cs1. The molecule has 0 radical (unpaired) electrons. The first-order valence-corrected chi connectivity index (χ1v) is 5.47. The molecule has 0 aliphatic heterocycles. The molecule has 0 unspecified atom stereocenters. The van der Waals surface area contributed by atoms with Gasteiger partial charge in [0.05, 0.1) is 10.7 Å². The first-order chi connectivity index (χ1) is 6.59. The molecular formula is C9H16N4S. The standard InChI is InChI=1S/C9H16N4S/c1-6(2)8-13-7(5-14-8)3-4-12-9(10)11/h5-6H,3-4H2,1-2H3,(H4,10,11,12). The Morgan fingerprint density at radius 2 is 2.29 bits per heavy atom. The van der Waals surface area contributed by atoms with Crippen LogP contribution in [0.5, 0.6) is 0 Å². The fourth-order valence-electron chi connectivity index (χ4n) is 1.00.